The van der Waals surface area contributed by atoms with E-state index >= 15 is 0 Å². The van der Waals surface area contributed by atoms with Gasteiger partial charge in [0, 0.05) is 26.1 Å². The van der Waals surface area contributed by atoms with Gasteiger partial charge < -0.3 is 10.2 Å². The molecule has 0 bridgehead atoms. The van der Waals surface area contributed by atoms with Crippen molar-refractivity contribution in [1.29, 1.82) is 0 Å². The number of hydrogen-bond donors (Lipinski definition) is 1. The molecule has 1 saturated carbocycles. The zero-order valence-electron chi connectivity index (χ0n) is 11.8. The fourth-order valence-corrected chi connectivity index (χ4v) is 3.16. The molecule has 104 valence electrons. The van der Waals surface area contributed by atoms with Crippen LogP contribution in [0.4, 0.5) is 0 Å². The van der Waals surface area contributed by atoms with E-state index in [2.05, 4.69) is 12.2 Å². The Hall–Kier alpha value is -0.570. The van der Waals surface area contributed by atoms with Gasteiger partial charge >= 0.3 is 0 Å². The summed E-state index contributed by atoms with van der Waals surface area (Å²) in [7, 11) is 0. The van der Waals surface area contributed by atoms with Crippen LogP contribution in [0.5, 0.6) is 0 Å². The summed E-state index contributed by atoms with van der Waals surface area (Å²) in [6.07, 6.45) is 8.59. The number of likely N-dealkylation sites (tertiary alicyclic amines) is 1. The van der Waals surface area contributed by atoms with Gasteiger partial charge in [0.1, 0.15) is 0 Å². The Morgan fingerprint density at radius 2 is 1.83 bits per heavy atom. The van der Waals surface area contributed by atoms with Crippen LogP contribution in [0, 0.1) is 11.8 Å². The molecule has 1 N–H and O–H groups in total. The summed E-state index contributed by atoms with van der Waals surface area (Å²) in [6, 6.07) is 0. The fraction of sp³-hybridized carbons (Fsp3) is 0.933. The van der Waals surface area contributed by atoms with E-state index in [0.29, 0.717) is 12.3 Å². The molecule has 0 unspecified atom stereocenters. The van der Waals surface area contributed by atoms with Crippen LogP contribution in [0.1, 0.15) is 51.9 Å². The molecular formula is C15H28N2O. The second-order valence-electron chi connectivity index (χ2n) is 6.17. The van der Waals surface area contributed by atoms with E-state index in [4.69, 9.17) is 0 Å². The molecule has 1 aliphatic heterocycles. The maximum atomic E-state index is 11.8. The van der Waals surface area contributed by atoms with Crippen LogP contribution in [0.25, 0.3) is 0 Å². The maximum absolute atomic E-state index is 11.8. The van der Waals surface area contributed by atoms with Gasteiger partial charge in [0.2, 0.25) is 5.91 Å². The number of nitrogens with zero attached hydrogens (tertiary/aromatic N) is 1. The lowest BCUT2D eigenvalue weighted by molar-refractivity contribution is -0.130. The highest BCUT2D eigenvalue weighted by molar-refractivity contribution is 5.76. The molecule has 2 aliphatic rings. The highest BCUT2D eigenvalue weighted by atomic mass is 16.2. The van der Waals surface area contributed by atoms with Gasteiger partial charge in [-0.15, -0.1) is 0 Å². The summed E-state index contributed by atoms with van der Waals surface area (Å²) >= 11 is 0. The van der Waals surface area contributed by atoms with E-state index in [1.54, 1.807) is 0 Å². The third-order valence-electron chi connectivity index (χ3n) is 4.54. The van der Waals surface area contributed by atoms with Crippen molar-refractivity contribution in [3.05, 3.63) is 0 Å². The molecule has 0 aromatic rings. The highest BCUT2D eigenvalue weighted by Gasteiger charge is 2.19. The molecule has 1 amide bonds. The third kappa shape index (κ3) is 4.27. The first-order valence-electron chi connectivity index (χ1n) is 7.74. The summed E-state index contributed by atoms with van der Waals surface area (Å²) < 4.78 is 0. The smallest absolute Gasteiger partial charge is 0.223 e. The van der Waals surface area contributed by atoms with Gasteiger partial charge in [-0.3, -0.25) is 4.79 Å². The summed E-state index contributed by atoms with van der Waals surface area (Å²) in [5.74, 6) is 2.12. The number of hydrogen-bond acceptors (Lipinski definition) is 2. The Kier molecular flexibility index (Phi) is 5.48. The molecule has 0 aromatic carbocycles. The zero-order valence-corrected chi connectivity index (χ0v) is 11.8. The average molecular weight is 252 g/mol. The molecule has 3 nitrogen and oxygen atoms in total. The van der Waals surface area contributed by atoms with E-state index in [1.165, 1.54) is 38.5 Å². The number of amides is 1. The van der Waals surface area contributed by atoms with Crippen molar-refractivity contribution >= 4 is 5.91 Å². The van der Waals surface area contributed by atoms with Crippen molar-refractivity contribution in [2.75, 3.05) is 26.2 Å². The van der Waals surface area contributed by atoms with Gasteiger partial charge in [-0.05, 0) is 44.1 Å². The van der Waals surface area contributed by atoms with Gasteiger partial charge in [-0.2, -0.15) is 0 Å². The average Bonchev–Trinajstić information content (AvgIpc) is 2.90. The Bertz CT molecular complexity index is 253. The molecule has 1 aliphatic carbocycles. The molecule has 1 saturated heterocycles. The standard InChI is InChI=1S/C15H28N2O/c1-13-4-6-14(7-5-13)12-16-9-8-15(18)17-10-2-3-11-17/h13-14,16H,2-12H2,1H3. The molecule has 0 atom stereocenters. The predicted molar refractivity (Wildman–Crippen MR) is 74.4 cm³/mol. The molecule has 1 heterocycles. The minimum absolute atomic E-state index is 0.345. The van der Waals surface area contributed by atoms with E-state index in [9.17, 15) is 4.79 Å². The maximum Gasteiger partial charge on any atom is 0.223 e. The number of rotatable bonds is 5. The molecule has 0 spiro atoms. The first-order valence-corrected chi connectivity index (χ1v) is 7.74. The molecule has 3 heteroatoms. The van der Waals surface area contributed by atoms with E-state index in [-0.39, 0.29) is 0 Å². The first-order chi connectivity index (χ1) is 8.75. The van der Waals surface area contributed by atoms with Crippen molar-refractivity contribution in [2.24, 2.45) is 11.8 Å². The molecule has 18 heavy (non-hydrogen) atoms. The summed E-state index contributed by atoms with van der Waals surface area (Å²) in [4.78, 5) is 13.8. The van der Waals surface area contributed by atoms with Crippen LogP contribution >= 0.6 is 0 Å². The number of carbonyl (C=O) groups is 1. The molecule has 2 rings (SSSR count). The van der Waals surface area contributed by atoms with Crippen LogP contribution in [-0.4, -0.2) is 37.0 Å². The second-order valence-corrected chi connectivity index (χ2v) is 6.17. The van der Waals surface area contributed by atoms with E-state index in [1.807, 2.05) is 4.90 Å². The molecule has 0 aromatic heterocycles. The van der Waals surface area contributed by atoms with Crippen molar-refractivity contribution in [2.45, 2.75) is 51.9 Å². The van der Waals surface area contributed by atoms with Crippen LogP contribution in [0.15, 0.2) is 0 Å². The van der Waals surface area contributed by atoms with Crippen molar-refractivity contribution in [3.8, 4) is 0 Å². The minimum Gasteiger partial charge on any atom is -0.343 e. The second kappa shape index (κ2) is 7.13. The van der Waals surface area contributed by atoms with Crippen LogP contribution in [-0.2, 0) is 4.79 Å². The van der Waals surface area contributed by atoms with E-state index in [0.717, 1.165) is 38.0 Å². The Balaban J connectivity index is 1.51. The SMILES string of the molecule is CC1CCC(CNCCC(=O)N2CCCC2)CC1. The lowest BCUT2D eigenvalue weighted by Crippen LogP contribution is -2.32. The van der Waals surface area contributed by atoms with Crippen LogP contribution < -0.4 is 5.32 Å². The normalized spacial score (nSPS) is 28.6. The quantitative estimate of drug-likeness (QED) is 0.762. The monoisotopic (exact) mass is 252 g/mol. The molecular weight excluding hydrogens is 224 g/mol. The first kappa shape index (κ1) is 13.9. The highest BCUT2D eigenvalue weighted by Crippen LogP contribution is 2.27. The summed E-state index contributed by atoms with van der Waals surface area (Å²) in [6.45, 7) is 6.30. The van der Waals surface area contributed by atoms with Gasteiger partial charge in [0.15, 0.2) is 0 Å². The Morgan fingerprint density at radius 1 is 1.17 bits per heavy atom. The molecule has 0 radical (unpaired) electrons. The van der Waals surface area contributed by atoms with Crippen LogP contribution in [0.3, 0.4) is 0 Å². The van der Waals surface area contributed by atoms with Gasteiger partial charge in [0.25, 0.3) is 0 Å². The lowest BCUT2D eigenvalue weighted by Gasteiger charge is -2.26. The Morgan fingerprint density at radius 3 is 2.50 bits per heavy atom. The Labute approximate surface area is 111 Å². The number of carbonyl (C=O) groups excluding carboxylic acids is 1. The van der Waals surface area contributed by atoms with Crippen molar-refractivity contribution < 1.29 is 4.79 Å². The molecule has 2 fully saturated rings. The third-order valence-corrected chi connectivity index (χ3v) is 4.54. The zero-order chi connectivity index (χ0) is 12.8. The van der Waals surface area contributed by atoms with Crippen molar-refractivity contribution in [1.82, 2.24) is 10.2 Å². The van der Waals surface area contributed by atoms with Gasteiger partial charge in [0.05, 0.1) is 0 Å². The van der Waals surface area contributed by atoms with Gasteiger partial charge in [-0.1, -0.05) is 19.8 Å². The summed E-state index contributed by atoms with van der Waals surface area (Å²) in [5.41, 5.74) is 0. The fourth-order valence-electron chi connectivity index (χ4n) is 3.16. The minimum atomic E-state index is 0.345. The van der Waals surface area contributed by atoms with E-state index < -0.39 is 0 Å². The number of nitrogens with one attached hydrogen (secondary N) is 1. The van der Waals surface area contributed by atoms with Crippen molar-refractivity contribution in [3.63, 3.8) is 0 Å². The largest absolute Gasteiger partial charge is 0.343 e. The predicted octanol–water partition coefficient (Wildman–Crippen LogP) is 2.41. The topological polar surface area (TPSA) is 32.3 Å². The summed E-state index contributed by atoms with van der Waals surface area (Å²) in [5, 5.41) is 3.48. The lowest BCUT2D eigenvalue weighted by atomic mass is 9.83. The van der Waals surface area contributed by atoms with Crippen LogP contribution in [0.2, 0.25) is 0 Å². The van der Waals surface area contributed by atoms with Gasteiger partial charge in [-0.25, -0.2) is 0 Å².